The number of ketones is 1. The van der Waals surface area contributed by atoms with Gasteiger partial charge >= 0.3 is 5.97 Å². The summed E-state index contributed by atoms with van der Waals surface area (Å²) in [6.45, 7) is 1.68. The van der Waals surface area contributed by atoms with E-state index in [0.717, 1.165) is 0 Å². The van der Waals surface area contributed by atoms with Gasteiger partial charge in [0, 0.05) is 10.6 Å². The highest BCUT2D eigenvalue weighted by Crippen LogP contribution is 2.16. The Morgan fingerprint density at radius 1 is 1.35 bits per heavy atom. The Bertz CT molecular complexity index is 453. The highest BCUT2D eigenvalue weighted by atomic mass is 35.5. The number of carbonyl (C=O) groups is 2. The Hall–Kier alpha value is -1.68. The van der Waals surface area contributed by atoms with Crippen molar-refractivity contribution in [1.29, 1.82) is 5.41 Å². The van der Waals surface area contributed by atoms with Crippen LogP contribution in [0.25, 0.3) is 0 Å². The molecule has 0 saturated carbocycles. The van der Waals surface area contributed by atoms with Gasteiger partial charge in [-0.05, 0) is 30.7 Å². The zero-order chi connectivity index (χ0) is 13.0. The van der Waals surface area contributed by atoms with Gasteiger partial charge in [-0.15, -0.1) is 0 Å². The number of carboxylic acid groups (broad SMARTS) is 1. The van der Waals surface area contributed by atoms with E-state index in [9.17, 15) is 9.59 Å². The van der Waals surface area contributed by atoms with Crippen LogP contribution in [-0.2, 0) is 4.79 Å². The number of rotatable bonds is 5. The molecule has 2 N–H and O–H groups in total. The van der Waals surface area contributed by atoms with Crippen molar-refractivity contribution >= 4 is 29.1 Å². The Morgan fingerprint density at radius 2 is 1.88 bits per heavy atom. The number of carboxylic acids is 1. The quantitative estimate of drug-likeness (QED) is 0.625. The van der Waals surface area contributed by atoms with E-state index in [1.807, 2.05) is 0 Å². The predicted octanol–water partition coefficient (Wildman–Crippen LogP) is 2.65. The van der Waals surface area contributed by atoms with Crippen LogP contribution in [0.4, 0.5) is 0 Å². The van der Waals surface area contributed by atoms with Crippen LogP contribution in [-0.4, -0.2) is 22.6 Å². The van der Waals surface area contributed by atoms with Gasteiger partial charge in [0.05, 0.1) is 5.92 Å². The highest BCUT2D eigenvalue weighted by molar-refractivity contribution is 6.40. The first-order valence-electron chi connectivity index (χ1n) is 5.08. The lowest BCUT2D eigenvalue weighted by Gasteiger charge is -2.12. The normalized spacial score (nSPS) is 11.9. The average molecular weight is 254 g/mol. The molecule has 0 saturated heterocycles. The zero-order valence-corrected chi connectivity index (χ0v) is 9.99. The predicted molar refractivity (Wildman–Crippen MR) is 64.9 cm³/mol. The summed E-state index contributed by atoms with van der Waals surface area (Å²) in [6.07, 6.45) is 0.284. The number of hydrogen-bond donors (Lipinski definition) is 2. The van der Waals surface area contributed by atoms with Crippen LogP contribution in [0.5, 0.6) is 0 Å². The molecule has 1 aromatic rings. The molecule has 1 unspecified atom stereocenters. The molecule has 0 radical (unpaired) electrons. The molecule has 0 aliphatic carbocycles. The summed E-state index contributed by atoms with van der Waals surface area (Å²) in [5.74, 6) is -2.63. The maximum atomic E-state index is 12.0. The van der Waals surface area contributed by atoms with Crippen LogP contribution in [0.3, 0.4) is 0 Å². The summed E-state index contributed by atoms with van der Waals surface area (Å²) >= 11 is 5.70. The van der Waals surface area contributed by atoms with Crippen LogP contribution in [0.2, 0.25) is 5.02 Å². The Kier molecular flexibility index (Phi) is 4.40. The van der Waals surface area contributed by atoms with Crippen LogP contribution in [0.15, 0.2) is 24.3 Å². The summed E-state index contributed by atoms with van der Waals surface area (Å²) in [6, 6.07) is 6.18. The summed E-state index contributed by atoms with van der Waals surface area (Å²) in [5.41, 5.74) is -0.209. The van der Waals surface area contributed by atoms with E-state index >= 15 is 0 Å². The highest BCUT2D eigenvalue weighted by Gasteiger charge is 2.26. The summed E-state index contributed by atoms with van der Waals surface area (Å²) in [4.78, 5) is 22.7. The van der Waals surface area contributed by atoms with Gasteiger partial charge in [-0.2, -0.15) is 0 Å². The summed E-state index contributed by atoms with van der Waals surface area (Å²) < 4.78 is 0. The van der Waals surface area contributed by atoms with Crippen molar-refractivity contribution in [3.8, 4) is 0 Å². The molecule has 0 fully saturated rings. The minimum absolute atomic E-state index is 0.284. The molecular formula is C12H12ClNO3. The molecule has 0 spiro atoms. The molecule has 1 rings (SSSR count). The van der Waals surface area contributed by atoms with Crippen molar-refractivity contribution in [2.24, 2.45) is 5.92 Å². The Labute approximate surface area is 104 Å². The van der Waals surface area contributed by atoms with Crippen molar-refractivity contribution in [2.45, 2.75) is 13.3 Å². The van der Waals surface area contributed by atoms with Crippen molar-refractivity contribution in [2.75, 3.05) is 0 Å². The SMILES string of the molecule is CCC(C(=N)C(=O)O)C(=O)c1ccc(Cl)cc1. The molecule has 4 nitrogen and oxygen atoms in total. The third kappa shape index (κ3) is 3.14. The molecule has 1 aromatic carbocycles. The number of Topliss-reactive ketones (excluding diaryl/α,β-unsaturated/α-hetero) is 1. The molecule has 90 valence electrons. The number of aliphatic carboxylic acids is 1. The first-order valence-corrected chi connectivity index (χ1v) is 5.46. The largest absolute Gasteiger partial charge is 0.477 e. The van der Waals surface area contributed by atoms with E-state index < -0.39 is 17.6 Å². The molecular weight excluding hydrogens is 242 g/mol. The number of carbonyl (C=O) groups excluding carboxylic acids is 1. The lowest BCUT2D eigenvalue weighted by Crippen LogP contribution is -2.29. The third-order valence-electron chi connectivity index (χ3n) is 2.43. The molecule has 0 aliphatic rings. The van der Waals surface area contributed by atoms with Gasteiger partial charge < -0.3 is 5.11 Å². The monoisotopic (exact) mass is 253 g/mol. The fourth-order valence-electron chi connectivity index (χ4n) is 1.49. The van der Waals surface area contributed by atoms with Crippen molar-refractivity contribution < 1.29 is 14.7 Å². The third-order valence-corrected chi connectivity index (χ3v) is 2.68. The van der Waals surface area contributed by atoms with Crippen molar-refractivity contribution in [3.63, 3.8) is 0 Å². The zero-order valence-electron chi connectivity index (χ0n) is 9.24. The molecule has 17 heavy (non-hydrogen) atoms. The molecule has 0 aliphatic heterocycles. The van der Waals surface area contributed by atoms with E-state index in [4.69, 9.17) is 22.1 Å². The van der Waals surface area contributed by atoms with Gasteiger partial charge in [0.15, 0.2) is 5.78 Å². The number of hydrogen-bond acceptors (Lipinski definition) is 3. The Balaban J connectivity index is 2.98. The average Bonchev–Trinajstić information content (AvgIpc) is 2.30. The van der Waals surface area contributed by atoms with Gasteiger partial charge in [-0.3, -0.25) is 10.2 Å². The lowest BCUT2D eigenvalue weighted by molar-refractivity contribution is -0.129. The van der Waals surface area contributed by atoms with Crippen LogP contribution in [0.1, 0.15) is 23.7 Å². The topological polar surface area (TPSA) is 78.2 Å². The van der Waals surface area contributed by atoms with E-state index in [-0.39, 0.29) is 12.2 Å². The fourth-order valence-corrected chi connectivity index (χ4v) is 1.61. The number of nitrogens with one attached hydrogen (secondary N) is 1. The number of halogens is 1. The first-order chi connectivity index (χ1) is 7.97. The van der Waals surface area contributed by atoms with Gasteiger partial charge in [-0.25, -0.2) is 4.79 Å². The smallest absolute Gasteiger partial charge is 0.350 e. The van der Waals surface area contributed by atoms with Crippen LogP contribution in [0, 0.1) is 11.3 Å². The van der Waals surface area contributed by atoms with E-state index in [1.54, 1.807) is 19.1 Å². The second-order valence-corrected chi connectivity index (χ2v) is 3.99. The summed E-state index contributed by atoms with van der Waals surface area (Å²) in [7, 11) is 0. The lowest BCUT2D eigenvalue weighted by atomic mass is 9.91. The molecule has 0 amide bonds. The Morgan fingerprint density at radius 3 is 2.29 bits per heavy atom. The number of benzene rings is 1. The molecule has 1 atom stereocenters. The molecule has 5 heteroatoms. The maximum Gasteiger partial charge on any atom is 0.350 e. The van der Waals surface area contributed by atoms with Crippen molar-refractivity contribution in [3.05, 3.63) is 34.9 Å². The van der Waals surface area contributed by atoms with Gasteiger partial charge in [0.25, 0.3) is 0 Å². The van der Waals surface area contributed by atoms with Gasteiger partial charge in [0.2, 0.25) is 0 Å². The fraction of sp³-hybridized carbons (Fsp3) is 0.250. The van der Waals surface area contributed by atoms with Crippen molar-refractivity contribution in [1.82, 2.24) is 0 Å². The first kappa shape index (κ1) is 13.4. The van der Waals surface area contributed by atoms with E-state index in [2.05, 4.69) is 0 Å². The van der Waals surface area contributed by atoms with Crippen LogP contribution < -0.4 is 0 Å². The molecule has 0 aromatic heterocycles. The van der Waals surface area contributed by atoms with Gasteiger partial charge in [0.1, 0.15) is 5.71 Å². The second kappa shape index (κ2) is 5.59. The molecule has 0 bridgehead atoms. The second-order valence-electron chi connectivity index (χ2n) is 3.55. The standard InChI is InChI=1S/C12H12ClNO3/c1-2-9(10(14)12(16)17)11(15)7-3-5-8(13)6-4-7/h3-6,9,14H,2H2,1H3,(H,16,17). The van der Waals surface area contributed by atoms with E-state index in [1.165, 1.54) is 12.1 Å². The molecule has 0 heterocycles. The summed E-state index contributed by atoms with van der Waals surface area (Å²) in [5, 5.41) is 16.6. The minimum Gasteiger partial charge on any atom is -0.477 e. The minimum atomic E-state index is -1.36. The van der Waals surface area contributed by atoms with Crippen LogP contribution >= 0.6 is 11.6 Å². The maximum absolute atomic E-state index is 12.0. The van der Waals surface area contributed by atoms with E-state index in [0.29, 0.717) is 10.6 Å². The van der Waals surface area contributed by atoms with Gasteiger partial charge in [-0.1, -0.05) is 18.5 Å².